The fourth-order valence-electron chi connectivity index (χ4n) is 2.79. The van der Waals surface area contributed by atoms with Gasteiger partial charge < -0.3 is 9.32 Å². The van der Waals surface area contributed by atoms with Crippen molar-refractivity contribution < 1.29 is 13.6 Å². The number of hydrogen-bond acceptors (Lipinski definition) is 4. The summed E-state index contributed by atoms with van der Waals surface area (Å²) in [5.74, 6) is 0.243. The van der Waals surface area contributed by atoms with Gasteiger partial charge in [0.15, 0.2) is 0 Å². The molecule has 23 heavy (non-hydrogen) atoms. The topological polar surface area (TPSA) is 59.2 Å². The predicted octanol–water partition coefficient (Wildman–Crippen LogP) is 3.21. The maximum Gasteiger partial charge on any atom is 0.250 e. The predicted molar refractivity (Wildman–Crippen MR) is 83.1 cm³/mol. The van der Waals surface area contributed by atoms with Crippen LogP contribution in [0.1, 0.15) is 38.0 Å². The number of carbonyl (C=O) groups excluding carboxylic acids is 1. The SMILES string of the molecule is O=C(CCc1nnc(-c2ccccc2F)o1)N1CCCCCC1. The number of carbonyl (C=O) groups is 1. The molecular weight excluding hydrogens is 297 g/mol. The molecule has 0 spiro atoms. The Kier molecular flexibility index (Phi) is 5.00. The number of nitrogens with zero attached hydrogens (tertiary/aromatic N) is 3. The maximum absolute atomic E-state index is 13.7. The van der Waals surface area contributed by atoms with Gasteiger partial charge in [0.25, 0.3) is 5.89 Å². The molecular formula is C17H20FN3O2. The van der Waals surface area contributed by atoms with Gasteiger partial charge in [-0.05, 0) is 25.0 Å². The minimum Gasteiger partial charge on any atom is -0.421 e. The van der Waals surface area contributed by atoms with Crippen LogP contribution in [0.5, 0.6) is 0 Å². The van der Waals surface area contributed by atoms with Gasteiger partial charge in [-0.3, -0.25) is 4.79 Å². The molecule has 0 saturated carbocycles. The lowest BCUT2D eigenvalue weighted by Crippen LogP contribution is -2.31. The van der Waals surface area contributed by atoms with E-state index in [-0.39, 0.29) is 17.4 Å². The number of halogens is 1. The van der Waals surface area contributed by atoms with E-state index in [1.165, 1.54) is 18.9 Å². The molecule has 2 heterocycles. The van der Waals surface area contributed by atoms with E-state index in [4.69, 9.17) is 4.42 Å². The zero-order valence-corrected chi connectivity index (χ0v) is 13.0. The van der Waals surface area contributed by atoms with Crippen LogP contribution < -0.4 is 0 Å². The van der Waals surface area contributed by atoms with E-state index < -0.39 is 5.82 Å². The van der Waals surface area contributed by atoms with Crippen molar-refractivity contribution in [3.63, 3.8) is 0 Å². The van der Waals surface area contributed by atoms with Gasteiger partial charge in [-0.1, -0.05) is 25.0 Å². The number of benzene rings is 1. The summed E-state index contributed by atoms with van der Waals surface area (Å²) in [4.78, 5) is 14.1. The third kappa shape index (κ3) is 3.94. The highest BCUT2D eigenvalue weighted by Gasteiger charge is 2.17. The molecule has 0 aliphatic carbocycles. The molecule has 1 aliphatic rings. The molecule has 1 fully saturated rings. The van der Waals surface area contributed by atoms with Crippen molar-refractivity contribution in [2.75, 3.05) is 13.1 Å². The maximum atomic E-state index is 13.7. The summed E-state index contributed by atoms with van der Waals surface area (Å²) in [6, 6.07) is 6.26. The average Bonchev–Trinajstić information content (AvgIpc) is 2.86. The van der Waals surface area contributed by atoms with Crippen molar-refractivity contribution >= 4 is 5.91 Å². The Morgan fingerprint density at radius 2 is 1.87 bits per heavy atom. The second-order valence-corrected chi connectivity index (χ2v) is 5.78. The molecule has 0 bridgehead atoms. The Morgan fingerprint density at radius 1 is 1.13 bits per heavy atom. The van der Waals surface area contributed by atoms with Gasteiger partial charge in [-0.15, -0.1) is 10.2 Å². The lowest BCUT2D eigenvalue weighted by Gasteiger charge is -2.19. The summed E-state index contributed by atoms with van der Waals surface area (Å²) in [5, 5.41) is 7.79. The highest BCUT2D eigenvalue weighted by atomic mass is 19.1. The summed E-state index contributed by atoms with van der Waals surface area (Å²) in [6.07, 6.45) is 5.27. The largest absolute Gasteiger partial charge is 0.421 e. The minimum absolute atomic E-state index is 0.123. The fraction of sp³-hybridized carbons (Fsp3) is 0.471. The Labute approximate surface area is 134 Å². The van der Waals surface area contributed by atoms with Crippen molar-refractivity contribution in [2.24, 2.45) is 0 Å². The van der Waals surface area contributed by atoms with Crippen LogP contribution in [0.25, 0.3) is 11.5 Å². The van der Waals surface area contributed by atoms with E-state index in [9.17, 15) is 9.18 Å². The molecule has 0 atom stereocenters. The van der Waals surface area contributed by atoms with Gasteiger partial charge in [0, 0.05) is 25.9 Å². The second-order valence-electron chi connectivity index (χ2n) is 5.78. The van der Waals surface area contributed by atoms with Gasteiger partial charge >= 0.3 is 0 Å². The molecule has 1 aromatic carbocycles. The van der Waals surface area contributed by atoms with Crippen LogP contribution in [0, 0.1) is 5.82 Å². The lowest BCUT2D eigenvalue weighted by atomic mass is 10.2. The van der Waals surface area contributed by atoms with Crippen molar-refractivity contribution in [3.8, 4) is 11.5 Å². The van der Waals surface area contributed by atoms with Crippen LogP contribution in [0.15, 0.2) is 28.7 Å². The summed E-state index contributed by atoms with van der Waals surface area (Å²) in [6.45, 7) is 1.67. The molecule has 2 aromatic rings. The molecule has 5 nitrogen and oxygen atoms in total. The minimum atomic E-state index is -0.400. The molecule has 0 radical (unpaired) electrons. The fourth-order valence-corrected chi connectivity index (χ4v) is 2.79. The highest BCUT2D eigenvalue weighted by Crippen LogP contribution is 2.21. The molecule has 0 N–H and O–H groups in total. The van der Waals surface area contributed by atoms with E-state index in [0.29, 0.717) is 18.7 Å². The molecule has 0 unspecified atom stereocenters. The summed E-state index contributed by atoms with van der Waals surface area (Å²) in [5.41, 5.74) is 0.282. The molecule has 1 aromatic heterocycles. The zero-order valence-electron chi connectivity index (χ0n) is 13.0. The third-order valence-corrected chi connectivity index (χ3v) is 4.08. The average molecular weight is 317 g/mol. The summed E-state index contributed by atoms with van der Waals surface area (Å²) >= 11 is 0. The standard InChI is InChI=1S/C17H20FN3O2/c18-14-8-4-3-7-13(14)17-20-19-15(23-17)9-10-16(22)21-11-5-1-2-6-12-21/h3-4,7-8H,1-2,5-6,9-12H2. The number of rotatable bonds is 4. The van der Waals surface area contributed by atoms with Crippen LogP contribution in [0.4, 0.5) is 4.39 Å². The molecule has 1 saturated heterocycles. The smallest absolute Gasteiger partial charge is 0.250 e. The van der Waals surface area contributed by atoms with Crippen molar-refractivity contribution in [3.05, 3.63) is 36.0 Å². The third-order valence-electron chi connectivity index (χ3n) is 4.08. The zero-order chi connectivity index (χ0) is 16.1. The molecule has 1 aliphatic heterocycles. The quantitative estimate of drug-likeness (QED) is 0.869. The Morgan fingerprint density at radius 3 is 2.61 bits per heavy atom. The van der Waals surface area contributed by atoms with Crippen molar-refractivity contribution in [1.82, 2.24) is 15.1 Å². The highest BCUT2D eigenvalue weighted by molar-refractivity contribution is 5.76. The Bertz CT molecular complexity index is 663. The molecule has 3 rings (SSSR count). The van der Waals surface area contributed by atoms with Crippen molar-refractivity contribution in [2.45, 2.75) is 38.5 Å². The molecule has 6 heteroatoms. The van der Waals surface area contributed by atoms with Gasteiger partial charge in [0.05, 0.1) is 5.56 Å². The van der Waals surface area contributed by atoms with Crippen LogP contribution in [-0.2, 0) is 11.2 Å². The second kappa shape index (κ2) is 7.35. The van der Waals surface area contributed by atoms with Crippen LogP contribution >= 0.6 is 0 Å². The number of aryl methyl sites for hydroxylation is 1. The van der Waals surface area contributed by atoms with Gasteiger partial charge in [0.2, 0.25) is 11.8 Å². The Hall–Kier alpha value is -2.24. The van der Waals surface area contributed by atoms with E-state index in [1.807, 2.05) is 4.90 Å². The number of aromatic nitrogens is 2. The van der Waals surface area contributed by atoms with Gasteiger partial charge in [0.1, 0.15) is 5.82 Å². The first-order valence-electron chi connectivity index (χ1n) is 8.09. The van der Waals surface area contributed by atoms with Crippen LogP contribution in [0.3, 0.4) is 0 Å². The number of amides is 1. The van der Waals surface area contributed by atoms with Crippen molar-refractivity contribution in [1.29, 1.82) is 0 Å². The first-order chi connectivity index (χ1) is 11.2. The van der Waals surface area contributed by atoms with E-state index in [1.54, 1.807) is 18.2 Å². The van der Waals surface area contributed by atoms with E-state index in [0.717, 1.165) is 25.9 Å². The van der Waals surface area contributed by atoms with Gasteiger partial charge in [-0.25, -0.2) is 4.39 Å². The van der Waals surface area contributed by atoms with E-state index in [2.05, 4.69) is 10.2 Å². The number of hydrogen-bond donors (Lipinski definition) is 0. The van der Waals surface area contributed by atoms with Crippen LogP contribution in [0.2, 0.25) is 0 Å². The lowest BCUT2D eigenvalue weighted by molar-refractivity contribution is -0.131. The normalized spacial score (nSPS) is 15.4. The summed E-state index contributed by atoms with van der Waals surface area (Å²) < 4.78 is 19.2. The first kappa shape index (κ1) is 15.6. The number of likely N-dealkylation sites (tertiary alicyclic amines) is 1. The van der Waals surface area contributed by atoms with Gasteiger partial charge in [-0.2, -0.15) is 0 Å². The monoisotopic (exact) mass is 317 g/mol. The van der Waals surface area contributed by atoms with E-state index >= 15 is 0 Å². The molecule has 122 valence electrons. The molecule has 1 amide bonds. The Balaban J connectivity index is 1.59. The van der Waals surface area contributed by atoms with Crippen LogP contribution in [-0.4, -0.2) is 34.1 Å². The summed E-state index contributed by atoms with van der Waals surface area (Å²) in [7, 11) is 0. The first-order valence-corrected chi connectivity index (χ1v) is 8.09.